The molecule has 2 nitrogen and oxygen atoms in total. The van der Waals surface area contributed by atoms with Gasteiger partial charge >= 0.3 is 0 Å². The zero-order chi connectivity index (χ0) is 10.8. The van der Waals surface area contributed by atoms with Crippen LogP contribution in [0.2, 0.25) is 0 Å². The van der Waals surface area contributed by atoms with Gasteiger partial charge in [-0.15, -0.1) is 0 Å². The minimum absolute atomic E-state index is 0.311. The number of nitrogen functional groups attached to an aromatic ring is 1. The molecule has 0 aliphatic heterocycles. The SMILES string of the molecule is CCc1ccc(-c2cc(F)ccc2N)o1. The molecule has 2 rings (SSSR count). The lowest BCUT2D eigenvalue weighted by atomic mass is 10.1. The Morgan fingerprint density at radius 1 is 1.27 bits per heavy atom. The van der Waals surface area contributed by atoms with Gasteiger partial charge in [-0.05, 0) is 30.3 Å². The maximum atomic E-state index is 13.0. The summed E-state index contributed by atoms with van der Waals surface area (Å²) in [5, 5.41) is 0. The van der Waals surface area contributed by atoms with Gasteiger partial charge in [0.2, 0.25) is 0 Å². The first-order chi connectivity index (χ1) is 7.20. The number of halogens is 1. The molecule has 0 atom stereocenters. The molecule has 15 heavy (non-hydrogen) atoms. The Labute approximate surface area is 87.5 Å². The predicted molar refractivity (Wildman–Crippen MR) is 57.9 cm³/mol. The highest BCUT2D eigenvalue weighted by atomic mass is 19.1. The van der Waals surface area contributed by atoms with Gasteiger partial charge in [-0.2, -0.15) is 0 Å². The summed E-state index contributed by atoms with van der Waals surface area (Å²) in [7, 11) is 0. The fraction of sp³-hybridized carbons (Fsp3) is 0.167. The molecule has 3 heteroatoms. The summed E-state index contributed by atoms with van der Waals surface area (Å²) in [5.41, 5.74) is 6.87. The van der Waals surface area contributed by atoms with Gasteiger partial charge in [0, 0.05) is 17.7 Å². The van der Waals surface area contributed by atoms with Crippen LogP contribution in [0.5, 0.6) is 0 Å². The van der Waals surface area contributed by atoms with E-state index in [1.807, 2.05) is 19.1 Å². The van der Waals surface area contributed by atoms with Crippen LogP contribution in [-0.4, -0.2) is 0 Å². The van der Waals surface area contributed by atoms with Crippen LogP contribution in [0.4, 0.5) is 10.1 Å². The van der Waals surface area contributed by atoms with Crippen molar-refractivity contribution in [1.29, 1.82) is 0 Å². The number of anilines is 1. The third-order valence-electron chi connectivity index (χ3n) is 2.29. The summed E-state index contributed by atoms with van der Waals surface area (Å²) in [6.07, 6.45) is 0.815. The van der Waals surface area contributed by atoms with Gasteiger partial charge in [-0.1, -0.05) is 6.92 Å². The van der Waals surface area contributed by atoms with Crippen LogP contribution in [0.3, 0.4) is 0 Å². The summed E-state index contributed by atoms with van der Waals surface area (Å²) in [5.74, 6) is 1.17. The molecular formula is C12H12FNO. The van der Waals surface area contributed by atoms with Gasteiger partial charge in [-0.3, -0.25) is 0 Å². The molecule has 2 aromatic rings. The van der Waals surface area contributed by atoms with Crippen molar-refractivity contribution in [2.45, 2.75) is 13.3 Å². The van der Waals surface area contributed by atoms with Crippen molar-refractivity contribution < 1.29 is 8.81 Å². The fourth-order valence-corrected chi connectivity index (χ4v) is 1.45. The molecule has 0 saturated heterocycles. The van der Waals surface area contributed by atoms with Gasteiger partial charge in [0.25, 0.3) is 0 Å². The Kier molecular flexibility index (Phi) is 2.46. The normalized spacial score (nSPS) is 10.5. The number of benzene rings is 1. The van der Waals surface area contributed by atoms with Gasteiger partial charge in [-0.25, -0.2) is 4.39 Å². The van der Waals surface area contributed by atoms with E-state index in [-0.39, 0.29) is 5.82 Å². The van der Waals surface area contributed by atoms with Crippen LogP contribution in [0.25, 0.3) is 11.3 Å². The molecule has 0 unspecified atom stereocenters. The molecule has 0 spiro atoms. The molecule has 0 radical (unpaired) electrons. The van der Waals surface area contributed by atoms with Crippen LogP contribution in [0, 0.1) is 5.82 Å². The van der Waals surface area contributed by atoms with Crippen LogP contribution in [-0.2, 0) is 6.42 Å². The number of rotatable bonds is 2. The molecule has 0 bridgehead atoms. The number of aryl methyl sites for hydroxylation is 1. The Morgan fingerprint density at radius 2 is 2.07 bits per heavy atom. The lowest BCUT2D eigenvalue weighted by molar-refractivity contribution is 0.529. The van der Waals surface area contributed by atoms with E-state index in [0.29, 0.717) is 17.0 Å². The standard InChI is InChI=1S/C12H12FNO/c1-2-9-4-6-12(15-9)10-7-8(13)3-5-11(10)14/h3-7H,2,14H2,1H3. The van der Waals surface area contributed by atoms with Gasteiger partial charge < -0.3 is 10.2 Å². The van der Waals surface area contributed by atoms with Gasteiger partial charge in [0.15, 0.2) is 0 Å². The molecule has 1 aromatic heterocycles. The van der Waals surface area contributed by atoms with Crippen LogP contribution < -0.4 is 5.73 Å². The Bertz CT molecular complexity index is 476. The molecule has 0 fully saturated rings. The van der Waals surface area contributed by atoms with Crippen molar-refractivity contribution in [3.05, 3.63) is 41.9 Å². The van der Waals surface area contributed by atoms with Crippen molar-refractivity contribution in [3.63, 3.8) is 0 Å². The lowest BCUT2D eigenvalue weighted by Crippen LogP contribution is -1.89. The molecule has 2 N–H and O–H groups in total. The number of nitrogens with two attached hydrogens (primary N) is 1. The Morgan fingerprint density at radius 3 is 2.73 bits per heavy atom. The van der Waals surface area contributed by atoms with E-state index in [2.05, 4.69) is 0 Å². The highest BCUT2D eigenvalue weighted by Gasteiger charge is 2.08. The second kappa shape index (κ2) is 3.77. The summed E-state index contributed by atoms with van der Waals surface area (Å²) in [4.78, 5) is 0. The summed E-state index contributed by atoms with van der Waals surface area (Å²) < 4.78 is 18.5. The molecule has 0 aliphatic carbocycles. The molecule has 1 heterocycles. The highest BCUT2D eigenvalue weighted by Crippen LogP contribution is 2.28. The lowest BCUT2D eigenvalue weighted by Gasteiger charge is -2.02. The van der Waals surface area contributed by atoms with Crippen LogP contribution in [0.1, 0.15) is 12.7 Å². The molecule has 78 valence electrons. The minimum Gasteiger partial charge on any atom is -0.461 e. The maximum absolute atomic E-state index is 13.0. The average molecular weight is 205 g/mol. The summed E-state index contributed by atoms with van der Waals surface area (Å²) >= 11 is 0. The van der Waals surface area contributed by atoms with E-state index in [1.165, 1.54) is 12.1 Å². The first-order valence-electron chi connectivity index (χ1n) is 4.85. The van der Waals surface area contributed by atoms with Crippen LogP contribution >= 0.6 is 0 Å². The van der Waals surface area contributed by atoms with E-state index < -0.39 is 0 Å². The van der Waals surface area contributed by atoms with Crippen molar-refractivity contribution in [1.82, 2.24) is 0 Å². The molecular weight excluding hydrogens is 193 g/mol. The minimum atomic E-state index is -0.311. The fourth-order valence-electron chi connectivity index (χ4n) is 1.45. The van der Waals surface area contributed by atoms with E-state index in [9.17, 15) is 4.39 Å². The van der Waals surface area contributed by atoms with E-state index in [1.54, 1.807) is 6.07 Å². The number of hydrogen-bond acceptors (Lipinski definition) is 2. The maximum Gasteiger partial charge on any atom is 0.136 e. The first-order valence-corrected chi connectivity index (χ1v) is 4.85. The second-order valence-electron chi connectivity index (χ2n) is 3.35. The van der Waals surface area contributed by atoms with E-state index in [4.69, 9.17) is 10.2 Å². The molecule has 0 saturated carbocycles. The number of hydrogen-bond donors (Lipinski definition) is 1. The van der Waals surface area contributed by atoms with Crippen LogP contribution in [0.15, 0.2) is 34.7 Å². The Hall–Kier alpha value is -1.77. The van der Waals surface area contributed by atoms with Crippen molar-refractivity contribution >= 4 is 5.69 Å². The zero-order valence-corrected chi connectivity index (χ0v) is 8.46. The number of furan rings is 1. The second-order valence-corrected chi connectivity index (χ2v) is 3.35. The summed E-state index contributed by atoms with van der Waals surface area (Å²) in [6, 6.07) is 7.94. The van der Waals surface area contributed by atoms with Crippen molar-refractivity contribution in [2.24, 2.45) is 0 Å². The zero-order valence-electron chi connectivity index (χ0n) is 8.46. The smallest absolute Gasteiger partial charge is 0.136 e. The monoisotopic (exact) mass is 205 g/mol. The molecule has 0 amide bonds. The predicted octanol–water partition coefficient (Wildman–Crippen LogP) is 3.23. The first kappa shape index (κ1) is 9.77. The van der Waals surface area contributed by atoms with Gasteiger partial charge in [0.1, 0.15) is 17.3 Å². The van der Waals surface area contributed by atoms with E-state index in [0.717, 1.165) is 12.2 Å². The van der Waals surface area contributed by atoms with Gasteiger partial charge in [0.05, 0.1) is 0 Å². The average Bonchev–Trinajstić information content (AvgIpc) is 2.70. The molecule has 1 aromatic carbocycles. The topological polar surface area (TPSA) is 39.2 Å². The van der Waals surface area contributed by atoms with Crippen molar-refractivity contribution in [2.75, 3.05) is 5.73 Å². The quantitative estimate of drug-likeness (QED) is 0.764. The Balaban J connectivity index is 2.48. The third-order valence-corrected chi connectivity index (χ3v) is 2.29. The largest absolute Gasteiger partial charge is 0.461 e. The molecule has 0 aliphatic rings. The van der Waals surface area contributed by atoms with E-state index >= 15 is 0 Å². The van der Waals surface area contributed by atoms with Crippen molar-refractivity contribution in [3.8, 4) is 11.3 Å². The third kappa shape index (κ3) is 1.86. The summed E-state index contributed by atoms with van der Waals surface area (Å²) in [6.45, 7) is 2.00. The highest BCUT2D eigenvalue weighted by molar-refractivity contribution is 5.72.